The lowest BCUT2D eigenvalue weighted by atomic mass is 10.1. The summed E-state index contributed by atoms with van der Waals surface area (Å²) in [5, 5.41) is 3.15. The van der Waals surface area contributed by atoms with E-state index in [-0.39, 0.29) is 6.09 Å². The fourth-order valence-electron chi connectivity index (χ4n) is 1.02. The quantitative estimate of drug-likeness (QED) is 0.528. The zero-order valence-electron chi connectivity index (χ0n) is 6.67. The van der Waals surface area contributed by atoms with Gasteiger partial charge in [-0.25, -0.2) is 4.79 Å². The summed E-state index contributed by atoms with van der Waals surface area (Å²) in [6.45, 7) is 4.90. The van der Waals surface area contributed by atoms with Crippen LogP contribution in [0.3, 0.4) is 0 Å². The van der Waals surface area contributed by atoms with Gasteiger partial charge in [-0.05, 0) is 6.82 Å². The average Bonchev–Trinajstić information content (AvgIpc) is 2.07. The Kier molecular flexibility index (Phi) is 3.23. The number of nitrogens with one attached hydrogen (secondary N) is 1. The molecule has 5 heteroatoms. The van der Waals surface area contributed by atoms with Crippen LogP contribution in [0, 0.1) is 0 Å². The molecule has 1 aliphatic heterocycles. The molecule has 0 unspecified atom stereocenters. The van der Waals surface area contributed by atoms with Gasteiger partial charge in [0.15, 0.2) is 0 Å². The fourth-order valence-corrected chi connectivity index (χ4v) is 1.02. The minimum absolute atomic E-state index is 0.242. The van der Waals surface area contributed by atoms with E-state index in [1.807, 2.05) is 0 Å². The third-order valence-electron chi connectivity index (χ3n) is 1.59. The van der Waals surface area contributed by atoms with Gasteiger partial charge in [-0.15, -0.1) is 0 Å². The highest BCUT2D eigenvalue weighted by molar-refractivity contribution is 6.28. The van der Waals surface area contributed by atoms with Gasteiger partial charge in [0.05, 0.1) is 0 Å². The molecular weight excluding hydrogens is 143 g/mol. The number of amides is 1. The van der Waals surface area contributed by atoms with Crippen molar-refractivity contribution in [3.05, 3.63) is 0 Å². The molecule has 0 aromatic heterocycles. The Hall–Kier alpha value is -0.705. The van der Waals surface area contributed by atoms with Crippen molar-refractivity contribution >= 4 is 13.6 Å². The van der Waals surface area contributed by atoms with E-state index in [0.29, 0.717) is 0 Å². The molecule has 1 aliphatic rings. The molecule has 0 atom stereocenters. The molecule has 1 saturated heterocycles. The van der Waals surface area contributed by atoms with Gasteiger partial charge >= 0.3 is 13.6 Å². The minimum Gasteiger partial charge on any atom is -0.523 e. The van der Waals surface area contributed by atoms with Gasteiger partial charge in [-0.1, -0.05) is 0 Å². The minimum atomic E-state index is -0.242. The van der Waals surface area contributed by atoms with Crippen molar-refractivity contribution in [2.24, 2.45) is 0 Å². The summed E-state index contributed by atoms with van der Waals surface area (Å²) in [6, 6.07) is 0. The first-order chi connectivity index (χ1) is 5.34. The van der Waals surface area contributed by atoms with Crippen LogP contribution in [0.5, 0.6) is 0 Å². The summed E-state index contributed by atoms with van der Waals surface area (Å²) < 4.78 is 4.72. The second-order valence-corrected chi connectivity index (χ2v) is 2.36. The summed E-state index contributed by atoms with van der Waals surface area (Å²) in [5.74, 6) is 0. The molecule has 1 rings (SSSR count). The molecule has 61 valence electrons. The van der Waals surface area contributed by atoms with Crippen LogP contribution >= 0.6 is 0 Å². The summed E-state index contributed by atoms with van der Waals surface area (Å²) in [7, 11) is 1.41. The van der Waals surface area contributed by atoms with Gasteiger partial charge in [0.25, 0.3) is 0 Å². The third-order valence-corrected chi connectivity index (χ3v) is 1.59. The van der Waals surface area contributed by atoms with Gasteiger partial charge in [0, 0.05) is 26.2 Å². The Morgan fingerprint density at radius 3 is 2.73 bits per heavy atom. The fraction of sp³-hybridized carbons (Fsp3) is 0.833. The lowest BCUT2D eigenvalue weighted by Crippen LogP contribution is -2.46. The van der Waals surface area contributed by atoms with E-state index in [9.17, 15) is 4.79 Å². The van der Waals surface area contributed by atoms with Gasteiger partial charge in [0.1, 0.15) is 0 Å². The maximum Gasteiger partial charge on any atom is 0.391 e. The summed E-state index contributed by atoms with van der Waals surface area (Å²) >= 11 is 0. The van der Waals surface area contributed by atoms with E-state index in [0.717, 1.165) is 26.2 Å². The second kappa shape index (κ2) is 4.23. The topological polar surface area (TPSA) is 41.6 Å². The highest BCUT2D eigenvalue weighted by Crippen LogP contribution is 1.95. The lowest BCUT2D eigenvalue weighted by molar-refractivity contribution is 0.148. The van der Waals surface area contributed by atoms with E-state index in [1.54, 1.807) is 11.7 Å². The number of hydrogen-bond acceptors (Lipinski definition) is 3. The lowest BCUT2D eigenvalue weighted by Gasteiger charge is -2.26. The Labute approximate surface area is 67.2 Å². The molecule has 1 N–H and O–H groups in total. The van der Waals surface area contributed by atoms with Crippen LogP contribution in [0.4, 0.5) is 4.79 Å². The van der Waals surface area contributed by atoms with Crippen molar-refractivity contribution in [1.29, 1.82) is 0 Å². The third kappa shape index (κ3) is 2.42. The van der Waals surface area contributed by atoms with E-state index in [2.05, 4.69) is 5.32 Å². The van der Waals surface area contributed by atoms with Crippen molar-refractivity contribution < 1.29 is 9.45 Å². The highest BCUT2D eigenvalue weighted by atomic mass is 16.5. The number of carbonyl (C=O) groups excluding carboxylic acids is 1. The summed E-state index contributed by atoms with van der Waals surface area (Å²) in [5.41, 5.74) is 0. The SMILES string of the molecule is C[B]OC(=O)N1CCNCC1. The second-order valence-electron chi connectivity index (χ2n) is 2.36. The summed E-state index contributed by atoms with van der Waals surface area (Å²) in [4.78, 5) is 12.7. The predicted molar refractivity (Wildman–Crippen MR) is 42.5 cm³/mol. The smallest absolute Gasteiger partial charge is 0.391 e. The zero-order valence-corrected chi connectivity index (χ0v) is 6.67. The maximum absolute atomic E-state index is 11.0. The standard InChI is InChI=1S/C6H12BN2O2/c1-7-11-6(10)9-4-2-8-3-5-9/h8H,2-5H2,1H3. The van der Waals surface area contributed by atoms with Crippen LogP contribution in [-0.2, 0) is 4.65 Å². The Balaban J connectivity index is 2.27. The maximum atomic E-state index is 11.0. The number of piperazine rings is 1. The molecule has 0 spiro atoms. The molecule has 0 bridgehead atoms. The molecule has 0 saturated carbocycles. The predicted octanol–water partition coefficient (Wildman–Crippen LogP) is -0.305. The monoisotopic (exact) mass is 155 g/mol. The van der Waals surface area contributed by atoms with E-state index >= 15 is 0 Å². The van der Waals surface area contributed by atoms with Crippen molar-refractivity contribution in [3.8, 4) is 0 Å². The van der Waals surface area contributed by atoms with Crippen LogP contribution in [0.15, 0.2) is 0 Å². The number of carbonyl (C=O) groups is 1. The molecule has 4 nitrogen and oxygen atoms in total. The van der Waals surface area contributed by atoms with Crippen molar-refractivity contribution in [2.75, 3.05) is 26.2 Å². The molecule has 1 amide bonds. The largest absolute Gasteiger partial charge is 0.523 e. The molecular formula is C6H12BN2O2. The molecule has 0 aliphatic carbocycles. The normalized spacial score (nSPS) is 17.7. The van der Waals surface area contributed by atoms with Crippen LogP contribution in [0.25, 0.3) is 0 Å². The molecule has 11 heavy (non-hydrogen) atoms. The van der Waals surface area contributed by atoms with E-state index < -0.39 is 0 Å². The number of hydrogen-bond donors (Lipinski definition) is 1. The first kappa shape index (κ1) is 8.39. The Morgan fingerprint density at radius 1 is 1.55 bits per heavy atom. The van der Waals surface area contributed by atoms with Crippen molar-refractivity contribution in [1.82, 2.24) is 10.2 Å². The zero-order chi connectivity index (χ0) is 8.10. The van der Waals surface area contributed by atoms with Crippen LogP contribution in [0.1, 0.15) is 0 Å². The molecule has 1 heterocycles. The molecule has 0 aromatic rings. The summed E-state index contributed by atoms with van der Waals surface area (Å²) in [6.07, 6.45) is -0.242. The Bertz CT molecular complexity index is 137. The number of rotatable bonds is 1. The molecule has 0 aromatic carbocycles. The Morgan fingerprint density at radius 2 is 2.18 bits per heavy atom. The van der Waals surface area contributed by atoms with Crippen molar-refractivity contribution in [2.45, 2.75) is 6.82 Å². The van der Waals surface area contributed by atoms with Gasteiger partial charge in [-0.3, -0.25) is 0 Å². The van der Waals surface area contributed by atoms with Gasteiger partial charge in [0.2, 0.25) is 0 Å². The average molecular weight is 155 g/mol. The van der Waals surface area contributed by atoms with Gasteiger partial charge < -0.3 is 14.9 Å². The van der Waals surface area contributed by atoms with Crippen molar-refractivity contribution in [3.63, 3.8) is 0 Å². The van der Waals surface area contributed by atoms with Crippen LogP contribution < -0.4 is 5.32 Å². The molecule has 1 radical (unpaired) electrons. The van der Waals surface area contributed by atoms with E-state index in [1.165, 1.54) is 7.48 Å². The first-order valence-electron chi connectivity index (χ1n) is 3.78. The van der Waals surface area contributed by atoms with Crippen LogP contribution in [0.2, 0.25) is 6.82 Å². The van der Waals surface area contributed by atoms with Gasteiger partial charge in [-0.2, -0.15) is 0 Å². The highest BCUT2D eigenvalue weighted by Gasteiger charge is 2.15. The first-order valence-corrected chi connectivity index (χ1v) is 3.78. The van der Waals surface area contributed by atoms with Crippen LogP contribution in [-0.4, -0.2) is 44.7 Å². The van der Waals surface area contributed by atoms with E-state index in [4.69, 9.17) is 4.65 Å². The molecule has 1 fully saturated rings. The number of nitrogens with zero attached hydrogens (tertiary/aromatic N) is 1.